The van der Waals surface area contributed by atoms with Gasteiger partial charge in [-0.2, -0.15) is 0 Å². The van der Waals surface area contributed by atoms with Gasteiger partial charge in [-0.05, 0) is 6.42 Å². The van der Waals surface area contributed by atoms with E-state index in [4.69, 9.17) is 4.74 Å². The Kier molecular flexibility index (Phi) is 2.63. The van der Waals surface area contributed by atoms with Gasteiger partial charge in [0.05, 0.1) is 19.3 Å². The molecule has 0 atom stereocenters. The molecule has 0 unspecified atom stereocenters. The van der Waals surface area contributed by atoms with Gasteiger partial charge >= 0.3 is 0 Å². The lowest BCUT2D eigenvalue weighted by Crippen LogP contribution is -2.47. The van der Waals surface area contributed by atoms with Gasteiger partial charge in [-0.25, -0.2) is 9.97 Å². The summed E-state index contributed by atoms with van der Waals surface area (Å²) >= 11 is 0. The number of hydrogen-bond acceptors (Lipinski definition) is 4. The summed E-state index contributed by atoms with van der Waals surface area (Å²) in [6, 6.07) is 2.52. The van der Waals surface area contributed by atoms with E-state index in [0.29, 0.717) is 6.04 Å². The fourth-order valence-corrected chi connectivity index (χ4v) is 1.41. The summed E-state index contributed by atoms with van der Waals surface area (Å²) < 4.78 is 5.15. The number of aryl methyl sites for hydroxylation is 1. The van der Waals surface area contributed by atoms with Crippen molar-refractivity contribution in [1.29, 1.82) is 0 Å². The lowest BCUT2D eigenvalue weighted by Gasteiger charge is -2.35. The fourth-order valence-electron chi connectivity index (χ4n) is 1.41. The number of nitrogens with zero attached hydrogens (tertiary/aromatic N) is 3. The minimum atomic E-state index is 0.481. The molecule has 0 amide bonds. The summed E-state index contributed by atoms with van der Waals surface area (Å²) in [6.07, 6.45) is 2.58. The number of anilines is 1. The first-order chi connectivity index (χ1) is 6.81. The largest absolute Gasteiger partial charge is 0.377 e. The number of hydrogen-bond donors (Lipinski definition) is 0. The van der Waals surface area contributed by atoms with Crippen molar-refractivity contribution < 1.29 is 4.74 Å². The monoisotopic (exact) mass is 193 g/mol. The first-order valence-corrected chi connectivity index (χ1v) is 4.92. The molecule has 0 N–H and O–H groups in total. The van der Waals surface area contributed by atoms with Gasteiger partial charge in [0.25, 0.3) is 0 Å². The molecule has 1 aromatic rings. The van der Waals surface area contributed by atoms with Crippen molar-refractivity contribution in [2.75, 3.05) is 25.2 Å². The second-order valence-corrected chi connectivity index (χ2v) is 3.52. The van der Waals surface area contributed by atoms with Crippen LogP contribution in [0, 0.1) is 0 Å². The van der Waals surface area contributed by atoms with E-state index in [9.17, 15) is 0 Å². The highest BCUT2D eigenvalue weighted by Gasteiger charge is 2.24. The normalized spacial score (nSPS) is 16.4. The molecule has 2 heterocycles. The lowest BCUT2D eigenvalue weighted by atomic mass is 10.2. The molecule has 0 bridgehead atoms. The number of likely N-dealkylation sites (N-methyl/N-ethyl adjacent to an activating group) is 1. The van der Waals surface area contributed by atoms with Gasteiger partial charge in [-0.15, -0.1) is 0 Å². The van der Waals surface area contributed by atoms with E-state index in [1.165, 1.54) is 0 Å². The number of aromatic nitrogens is 2. The van der Waals surface area contributed by atoms with Crippen LogP contribution in [0.2, 0.25) is 0 Å². The zero-order chi connectivity index (χ0) is 9.97. The van der Waals surface area contributed by atoms with Gasteiger partial charge in [0, 0.05) is 18.8 Å². The molecule has 4 nitrogen and oxygen atoms in total. The Morgan fingerprint density at radius 1 is 1.50 bits per heavy atom. The van der Waals surface area contributed by atoms with Crippen molar-refractivity contribution in [3.8, 4) is 0 Å². The van der Waals surface area contributed by atoms with Crippen LogP contribution in [0.5, 0.6) is 0 Å². The molecule has 0 aliphatic carbocycles. The third kappa shape index (κ3) is 1.70. The SMILES string of the molecule is CCc1cc(N(C)C2COC2)ncn1. The van der Waals surface area contributed by atoms with Crippen molar-refractivity contribution in [1.82, 2.24) is 9.97 Å². The Bertz CT molecular complexity index is 312. The highest BCUT2D eigenvalue weighted by atomic mass is 16.5. The molecule has 1 aliphatic rings. The molecule has 0 saturated carbocycles. The fraction of sp³-hybridized carbons (Fsp3) is 0.600. The van der Waals surface area contributed by atoms with E-state index in [1.807, 2.05) is 6.07 Å². The van der Waals surface area contributed by atoms with E-state index in [2.05, 4.69) is 28.8 Å². The smallest absolute Gasteiger partial charge is 0.132 e. The van der Waals surface area contributed by atoms with Crippen LogP contribution < -0.4 is 4.90 Å². The van der Waals surface area contributed by atoms with Crippen molar-refractivity contribution in [2.24, 2.45) is 0 Å². The Labute approximate surface area is 83.9 Å². The summed E-state index contributed by atoms with van der Waals surface area (Å²) in [5.41, 5.74) is 1.09. The van der Waals surface area contributed by atoms with E-state index in [1.54, 1.807) is 6.33 Å². The molecule has 0 aromatic carbocycles. The minimum Gasteiger partial charge on any atom is -0.377 e. The minimum absolute atomic E-state index is 0.481. The van der Waals surface area contributed by atoms with Gasteiger partial charge in [0.2, 0.25) is 0 Å². The van der Waals surface area contributed by atoms with Crippen molar-refractivity contribution in [2.45, 2.75) is 19.4 Å². The number of rotatable bonds is 3. The Morgan fingerprint density at radius 2 is 2.29 bits per heavy atom. The van der Waals surface area contributed by atoms with E-state index < -0.39 is 0 Å². The molecular weight excluding hydrogens is 178 g/mol. The average Bonchev–Trinajstić information content (AvgIpc) is 2.15. The second-order valence-electron chi connectivity index (χ2n) is 3.52. The Balaban J connectivity index is 2.13. The maximum Gasteiger partial charge on any atom is 0.132 e. The van der Waals surface area contributed by atoms with Crippen LogP contribution >= 0.6 is 0 Å². The zero-order valence-corrected chi connectivity index (χ0v) is 8.60. The first kappa shape index (κ1) is 9.40. The summed E-state index contributed by atoms with van der Waals surface area (Å²) in [4.78, 5) is 10.6. The maximum atomic E-state index is 5.15. The molecule has 1 aromatic heterocycles. The molecule has 4 heteroatoms. The second kappa shape index (κ2) is 3.92. The zero-order valence-electron chi connectivity index (χ0n) is 8.60. The molecule has 0 spiro atoms. The van der Waals surface area contributed by atoms with Crippen LogP contribution in [0.25, 0.3) is 0 Å². The van der Waals surface area contributed by atoms with Crippen molar-refractivity contribution in [3.63, 3.8) is 0 Å². The Morgan fingerprint density at radius 3 is 2.86 bits per heavy atom. The van der Waals surface area contributed by atoms with Crippen molar-refractivity contribution >= 4 is 5.82 Å². The highest BCUT2D eigenvalue weighted by molar-refractivity contribution is 5.39. The van der Waals surface area contributed by atoms with E-state index in [0.717, 1.165) is 31.1 Å². The first-order valence-electron chi connectivity index (χ1n) is 4.92. The predicted molar refractivity (Wildman–Crippen MR) is 54.4 cm³/mol. The van der Waals surface area contributed by atoms with Crippen LogP contribution in [0.1, 0.15) is 12.6 Å². The molecule has 1 fully saturated rings. The molecule has 1 aliphatic heterocycles. The molecule has 1 saturated heterocycles. The van der Waals surface area contributed by atoms with Crippen LogP contribution in [-0.2, 0) is 11.2 Å². The molecule has 14 heavy (non-hydrogen) atoms. The predicted octanol–water partition coefficient (Wildman–Crippen LogP) is 0.874. The molecule has 0 radical (unpaired) electrons. The summed E-state index contributed by atoms with van der Waals surface area (Å²) in [5.74, 6) is 0.991. The topological polar surface area (TPSA) is 38.2 Å². The quantitative estimate of drug-likeness (QED) is 0.714. The van der Waals surface area contributed by atoms with Crippen LogP contribution in [0.4, 0.5) is 5.82 Å². The van der Waals surface area contributed by atoms with Crippen LogP contribution in [0.3, 0.4) is 0 Å². The highest BCUT2D eigenvalue weighted by Crippen LogP contribution is 2.16. The van der Waals surface area contributed by atoms with Crippen LogP contribution in [-0.4, -0.2) is 36.3 Å². The van der Waals surface area contributed by atoms with Gasteiger partial charge in [0.1, 0.15) is 12.1 Å². The summed E-state index contributed by atoms with van der Waals surface area (Å²) in [5, 5.41) is 0. The summed E-state index contributed by atoms with van der Waals surface area (Å²) in [6.45, 7) is 3.71. The number of ether oxygens (including phenoxy) is 1. The maximum absolute atomic E-state index is 5.15. The average molecular weight is 193 g/mol. The Hall–Kier alpha value is -1.16. The third-order valence-electron chi connectivity index (χ3n) is 2.60. The van der Waals surface area contributed by atoms with Crippen molar-refractivity contribution in [3.05, 3.63) is 18.1 Å². The molecule has 76 valence electrons. The van der Waals surface area contributed by atoms with Crippen LogP contribution in [0.15, 0.2) is 12.4 Å². The third-order valence-corrected chi connectivity index (χ3v) is 2.60. The van der Waals surface area contributed by atoms with E-state index >= 15 is 0 Å². The summed E-state index contributed by atoms with van der Waals surface area (Å²) in [7, 11) is 2.05. The van der Waals surface area contributed by atoms with Gasteiger partial charge in [-0.1, -0.05) is 6.92 Å². The van der Waals surface area contributed by atoms with E-state index in [-0.39, 0.29) is 0 Å². The van der Waals surface area contributed by atoms with Gasteiger partial charge < -0.3 is 9.64 Å². The lowest BCUT2D eigenvalue weighted by molar-refractivity contribution is 0.00987. The molecular formula is C10H15N3O. The standard InChI is InChI=1S/C10H15N3O/c1-3-8-4-10(12-7-11-8)13(2)9-5-14-6-9/h4,7,9H,3,5-6H2,1-2H3. The molecule has 2 rings (SSSR count). The van der Waals surface area contributed by atoms with Gasteiger partial charge in [-0.3, -0.25) is 0 Å². The van der Waals surface area contributed by atoms with Gasteiger partial charge in [0.15, 0.2) is 0 Å².